The van der Waals surface area contributed by atoms with Gasteiger partial charge in [0.05, 0.1) is 6.42 Å². The summed E-state index contributed by atoms with van der Waals surface area (Å²) in [5.74, 6) is -0.699. The van der Waals surface area contributed by atoms with Gasteiger partial charge in [-0.15, -0.1) is 0 Å². The zero-order valence-electron chi connectivity index (χ0n) is 13.1. The highest BCUT2D eigenvalue weighted by Crippen LogP contribution is 2.16. The summed E-state index contributed by atoms with van der Waals surface area (Å²) in [5.41, 5.74) is 1.87. The van der Waals surface area contributed by atoms with Gasteiger partial charge >= 0.3 is 0 Å². The molecule has 5 heteroatoms. The fraction of sp³-hybridized carbons (Fsp3) is 0.167. The molecule has 2 rings (SSSR count). The average molecular weight is 310 g/mol. The third kappa shape index (κ3) is 4.51. The lowest BCUT2D eigenvalue weighted by Gasteiger charge is -2.17. The Morgan fingerprint density at radius 2 is 1.57 bits per heavy atom. The third-order valence-corrected chi connectivity index (χ3v) is 3.27. The first-order valence-electron chi connectivity index (χ1n) is 7.20. The molecule has 0 aliphatic carbocycles. The highest BCUT2D eigenvalue weighted by atomic mass is 16.2. The Morgan fingerprint density at radius 3 is 2.13 bits per heavy atom. The van der Waals surface area contributed by atoms with Crippen LogP contribution in [-0.2, 0) is 9.59 Å². The fourth-order valence-electron chi connectivity index (χ4n) is 2.09. The predicted molar refractivity (Wildman–Crippen MR) is 89.5 cm³/mol. The van der Waals surface area contributed by atoms with Crippen molar-refractivity contribution in [2.24, 2.45) is 0 Å². The molecule has 5 nitrogen and oxygen atoms in total. The number of Topliss-reactive ketones (excluding diaryl/α,β-unsaturated/α-hetero) is 1. The van der Waals surface area contributed by atoms with Gasteiger partial charge in [-0.25, -0.2) is 0 Å². The van der Waals surface area contributed by atoms with Crippen LogP contribution < -0.4 is 10.2 Å². The summed E-state index contributed by atoms with van der Waals surface area (Å²) in [7, 11) is 1.71. The summed E-state index contributed by atoms with van der Waals surface area (Å²) in [4.78, 5) is 36.4. The Hall–Kier alpha value is -2.95. The van der Waals surface area contributed by atoms with Gasteiger partial charge in [-0.3, -0.25) is 14.4 Å². The first kappa shape index (κ1) is 16.4. The molecular formula is C18H18N2O3. The number of carbonyl (C=O) groups is 3. The number of anilines is 2. The molecule has 0 fully saturated rings. The Balaban J connectivity index is 2.05. The molecule has 0 radical (unpaired) electrons. The molecule has 23 heavy (non-hydrogen) atoms. The van der Waals surface area contributed by atoms with E-state index in [-0.39, 0.29) is 24.0 Å². The lowest BCUT2D eigenvalue weighted by Crippen LogP contribution is -2.26. The Bertz CT molecular complexity index is 709. The van der Waals surface area contributed by atoms with E-state index in [4.69, 9.17) is 0 Å². The van der Waals surface area contributed by atoms with Crippen molar-refractivity contribution in [1.29, 1.82) is 0 Å². The maximum absolute atomic E-state index is 12.4. The minimum atomic E-state index is -0.363. The van der Waals surface area contributed by atoms with Gasteiger partial charge in [-0.1, -0.05) is 18.2 Å². The van der Waals surface area contributed by atoms with Crippen LogP contribution >= 0.6 is 0 Å². The second-order valence-corrected chi connectivity index (χ2v) is 5.20. The van der Waals surface area contributed by atoms with Crippen LogP contribution in [0.15, 0.2) is 54.6 Å². The number of nitrogens with zero attached hydrogens (tertiary/aromatic N) is 1. The van der Waals surface area contributed by atoms with Crippen LogP contribution in [0, 0.1) is 0 Å². The van der Waals surface area contributed by atoms with Crippen LogP contribution in [0.1, 0.15) is 23.7 Å². The molecule has 0 saturated heterocycles. The highest BCUT2D eigenvalue weighted by molar-refractivity contribution is 6.06. The van der Waals surface area contributed by atoms with Gasteiger partial charge in [0.2, 0.25) is 5.91 Å². The molecule has 2 aromatic carbocycles. The van der Waals surface area contributed by atoms with Crippen molar-refractivity contribution in [3.63, 3.8) is 0 Å². The van der Waals surface area contributed by atoms with Gasteiger partial charge in [-0.05, 0) is 43.3 Å². The van der Waals surface area contributed by atoms with Gasteiger partial charge in [0, 0.05) is 24.0 Å². The highest BCUT2D eigenvalue weighted by Gasteiger charge is 2.13. The standard InChI is InChI=1S/C18H18N2O3/c1-13(21)12-17(22)19-15-10-8-14(9-11-15)18(23)20(2)16-6-4-3-5-7-16/h3-11H,12H2,1-2H3,(H,19,22). The Labute approximate surface area is 134 Å². The zero-order chi connectivity index (χ0) is 16.8. The van der Waals surface area contributed by atoms with E-state index in [1.165, 1.54) is 6.92 Å². The van der Waals surface area contributed by atoms with Crippen molar-refractivity contribution in [3.05, 3.63) is 60.2 Å². The summed E-state index contributed by atoms with van der Waals surface area (Å²) in [6, 6.07) is 15.9. The Kier molecular flexibility index (Phi) is 5.25. The van der Waals surface area contributed by atoms with Crippen molar-refractivity contribution in [3.8, 4) is 0 Å². The summed E-state index contributed by atoms with van der Waals surface area (Å²) in [6.45, 7) is 1.36. The van der Waals surface area contributed by atoms with Crippen molar-refractivity contribution in [2.45, 2.75) is 13.3 Å². The quantitative estimate of drug-likeness (QED) is 0.864. The van der Waals surface area contributed by atoms with Gasteiger partial charge in [0.25, 0.3) is 5.91 Å². The van der Waals surface area contributed by atoms with Crippen LogP contribution in [0.25, 0.3) is 0 Å². The number of benzene rings is 2. The third-order valence-electron chi connectivity index (χ3n) is 3.27. The van der Waals surface area contributed by atoms with E-state index in [1.54, 1.807) is 36.2 Å². The maximum atomic E-state index is 12.4. The number of carbonyl (C=O) groups excluding carboxylic acids is 3. The zero-order valence-corrected chi connectivity index (χ0v) is 13.1. The summed E-state index contributed by atoms with van der Waals surface area (Å²) < 4.78 is 0. The molecule has 1 N–H and O–H groups in total. The summed E-state index contributed by atoms with van der Waals surface area (Å²) >= 11 is 0. The number of hydrogen-bond acceptors (Lipinski definition) is 3. The molecule has 0 aliphatic heterocycles. The van der Waals surface area contributed by atoms with E-state index in [1.807, 2.05) is 30.3 Å². The minimum absolute atomic E-state index is 0.141. The molecule has 0 aromatic heterocycles. The maximum Gasteiger partial charge on any atom is 0.258 e. The number of para-hydroxylation sites is 1. The summed E-state index contributed by atoms with van der Waals surface area (Å²) in [6.07, 6.45) is -0.155. The van der Waals surface area contributed by atoms with Crippen LogP contribution in [0.4, 0.5) is 11.4 Å². The van der Waals surface area contributed by atoms with Crippen LogP contribution in [0.3, 0.4) is 0 Å². The van der Waals surface area contributed by atoms with Crippen molar-refractivity contribution >= 4 is 29.0 Å². The van der Waals surface area contributed by atoms with E-state index in [0.717, 1.165) is 5.69 Å². The second-order valence-electron chi connectivity index (χ2n) is 5.20. The number of amides is 2. The van der Waals surface area contributed by atoms with Gasteiger partial charge in [-0.2, -0.15) is 0 Å². The normalized spacial score (nSPS) is 10.0. The van der Waals surface area contributed by atoms with E-state index >= 15 is 0 Å². The molecule has 0 spiro atoms. The molecule has 0 unspecified atom stereocenters. The number of rotatable bonds is 5. The molecule has 0 heterocycles. The fourth-order valence-corrected chi connectivity index (χ4v) is 2.09. The predicted octanol–water partition coefficient (Wildman–Crippen LogP) is 2.88. The van der Waals surface area contributed by atoms with Gasteiger partial charge < -0.3 is 10.2 Å². The topological polar surface area (TPSA) is 66.5 Å². The Morgan fingerprint density at radius 1 is 0.957 bits per heavy atom. The second kappa shape index (κ2) is 7.35. The molecule has 2 aromatic rings. The summed E-state index contributed by atoms with van der Waals surface area (Å²) in [5, 5.41) is 2.62. The van der Waals surface area contributed by atoms with Crippen LogP contribution in [0.2, 0.25) is 0 Å². The molecule has 0 atom stereocenters. The lowest BCUT2D eigenvalue weighted by atomic mass is 10.1. The lowest BCUT2D eigenvalue weighted by molar-refractivity contribution is -0.124. The largest absolute Gasteiger partial charge is 0.326 e. The van der Waals surface area contributed by atoms with Crippen molar-refractivity contribution < 1.29 is 14.4 Å². The molecule has 0 saturated carbocycles. The average Bonchev–Trinajstić information content (AvgIpc) is 2.54. The number of hydrogen-bond donors (Lipinski definition) is 1. The van der Waals surface area contributed by atoms with Crippen LogP contribution in [0.5, 0.6) is 0 Å². The number of ketones is 1. The van der Waals surface area contributed by atoms with Crippen LogP contribution in [-0.4, -0.2) is 24.6 Å². The molecule has 0 bridgehead atoms. The van der Waals surface area contributed by atoms with Crippen molar-refractivity contribution in [2.75, 3.05) is 17.3 Å². The molecular weight excluding hydrogens is 292 g/mol. The minimum Gasteiger partial charge on any atom is -0.326 e. The first-order chi connectivity index (χ1) is 11.0. The van der Waals surface area contributed by atoms with Gasteiger partial charge in [0.15, 0.2) is 0 Å². The van der Waals surface area contributed by atoms with E-state index < -0.39 is 0 Å². The van der Waals surface area contributed by atoms with Gasteiger partial charge in [0.1, 0.15) is 5.78 Å². The monoisotopic (exact) mass is 310 g/mol. The van der Waals surface area contributed by atoms with Crippen molar-refractivity contribution in [1.82, 2.24) is 0 Å². The molecule has 118 valence electrons. The van der Waals surface area contributed by atoms with E-state index in [2.05, 4.69) is 5.32 Å². The smallest absolute Gasteiger partial charge is 0.258 e. The van der Waals surface area contributed by atoms with E-state index in [9.17, 15) is 14.4 Å². The first-order valence-corrected chi connectivity index (χ1v) is 7.20. The molecule has 0 aliphatic rings. The molecule has 2 amide bonds. The number of nitrogens with one attached hydrogen (secondary N) is 1. The van der Waals surface area contributed by atoms with E-state index in [0.29, 0.717) is 11.3 Å². The SMILES string of the molecule is CC(=O)CC(=O)Nc1ccc(C(=O)N(C)c2ccccc2)cc1.